The van der Waals surface area contributed by atoms with Gasteiger partial charge in [-0.05, 0) is 63.8 Å². The van der Waals surface area contributed by atoms with E-state index in [9.17, 15) is 10.1 Å². The number of amides is 1. The number of carbonyl (C=O) groups excluding carboxylic acids is 1. The summed E-state index contributed by atoms with van der Waals surface area (Å²) in [6, 6.07) is 2.92. The van der Waals surface area contributed by atoms with Crippen LogP contribution < -0.4 is 5.32 Å². The first-order valence-electron chi connectivity index (χ1n) is 8.59. The fourth-order valence-corrected chi connectivity index (χ4v) is 4.32. The van der Waals surface area contributed by atoms with Crippen LogP contribution in [0.5, 0.6) is 0 Å². The number of rotatable bonds is 4. The van der Waals surface area contributed by atoms with Gasteiger partial charge in [0.2, 0.25) is 5.91 Å². The first-order valence-corrected chi connectivity index (χ1v) is 8.59. The lowest BCUT2D eigenvalue weighted by Crippen LogP contribution is -2.54. The quantitative estimate of drug-likeness (QED) is 0.865. The van der Waals surface area contributed by atoms with Crippen LogP contribution in [0.3, 0.4) is 0 Å². The summed E-state index contributed by atoms with van der Waals surface area (Å²) in [6.07, 6.45) is 9.92. The summed E-state index contributed by atoms with van der Waals surface area (Å²) < 4.78 is 0. The van der Waals surface area contributed by atoms with E-state index in [-0.39, 0.29) is 5.91 Å². The number of nitrogens with zero attached hydrogens (tertiary/aromatic N) is 2. The molecule has 0 radical (unpaired) electrons. The maximum atomic E-state index is 12.4. The number of piperidine rings is 1. The number of nitrogens with one attached hydrogen (secondary N) is 1. The lowest BCUT2D eigenvalue weighted by molar-refractivity contribution is -0.125. The zero-order valence-corrected chi connectivity index (χ0v) is 13.1. The van der Waals surface area contributed by atoms with Crippen molar-refractivity contribution >= 4 is 5.91 Å². The Hall–Kier alpha value is -1.08. The standard InChI is InChI=1S/C17H27N3O/c1-17(12-18,14-8-9-14)19-16(21)11-20-10-4-6-13-5-2-3-7-15(13)20/h13-15H,2-11H2,1H3,(H,19,21)/t13-,15+,17-/m1/s1. The average Bonchev–Trinajstić information content (AvgIpc) is 3.32. The Bertz CT molecular complexity index is 438. The van der Waals surface area contributed by atoms with E-state index in [0.29, 0.717) is 18.5 Å². The summed E-state index contributed by atoms with van der Waals surface area (Å²) >= 11 is 0. The number of nitriles is 1. The first-order chi connectivity index (χ1) is 10.1. The molecule has 2 aliphatic carbocycles. The number of fused-ring (bicyclic) bond motifs is 1. The second-order valence-corrected chi connectivity index (χ2v) is 7.36. The van der Waals surface area contributed by atoms with Gasteiger partial charge in [-0.25, -0.2) is 0 Å². The van der Waals surface area contributed by atoms with Crippen molar-refractivity contribution in [3.05, 3.63) is 0 Å². The minimum Gasteiger partial charge on any atom is -0.337 e. The molecule has 0 aromatic rings. The number of likely N-dealkylation sites (tertiary alicyclic amines) is 1. The van der Waals surface area contributed by atoms with E-state index in [1.165, 1.54) is 38.5 Å². The third kappa shape index (κ3) is 3.23. The molecule has 116 valence electrons. The smallest absolute Gasteiger partial charge is 0.235 e. The van der Waals surface area contributed by atoms with E-state index in [2.05, 4.69) is 16.3 Å². The van der Waals surface area contributed by atoms with Crippen molar-refractivity contribution in [1.29, 1.82) is 5.26 Å². The van der Waals surface area contributed by atoms with Gasteiger partial charge in [0.25, 0.3) is 0 Å². The molecule has 0 aromatic heterocycles. The molecule has 2 saturated carbocycles. The molecule has 1 amide bonds. The van der Waals surface area contributed by atoms with Gasteiger partial charge in [0, 0.05) is 6.04 Å². The highest BCUT2D eigenvalue weighted by Crippen LogP contribution is 2.39. The maximum absolute atomic E-state index is 12.4. The largest absolute Gasteiger partial charge is 0.337 e. The minimum absolute atomic E-state index is 0.0390. The predicted octanol–water partition coefficient (Wildman–Crippen LogP) is 2.45. The maximum Gasteiger partial charge on any atom is 0.235 e. The predicted molar refractivity (Wildman–Crippen MR) is 81.4 cm³/mol. The molecule has 1 heterocycles. The highest BCUT2D eigenvalue weighted by molar-refractivity contribution is 5.79. The summed E-state index contributed by atoms with van der Waals surface area (Å²) in [5, 5.41) is 12.4. The second kappa shape index (κ2) is 5.96. The highest BCUT2D eigenvalue weighted by atomic mass is 16.2. The Morgan fingerprint density at radius 2 is 1.95 bits per heavy atom. The Labute approximate surface area is 127 Å². The topological polar surface area (TPSA) is 56.1 Å². The van der Waals surface area contributed by atoms with E-state index in [4.69, 9.17) is 0 Å². The van der Waals surface area contributed by atoms with Gasteiger partial charge in [0.05, 0.1) is 12.6 Å². The lowest BCUT2D eigenvalue weighted by Gasteiger charge is -2.44. The molecule has 3 aliphatic rings. The van der Waals surface area contributed by atoms with Gasteiger partial charge >= 0.3 is 0 Å². The van der Waals surface area contributed by atoms with Crippen LogP contribution in [0.4, 0.5) is 0 Å². The molecule has 3 atom stereocenters. The SMILES string of the molecule is C[C@](C#N)(NC(=O)CN1CCC[C@H]2CCCC[C@@H]21)C1CC1. The van der Waals surface area contributed by atoms with Crippen LogP contribution in [-0.2, 0) is 4.79 Å². The molecule has 0 spiro atoms. The van der Waals surface area contributed by atoms with E-state index in [0.717, 1.165) is 25.3 Å². The lowest BCUT2D eigenvalue weighted by atomic mass is 9.78. The zero-order chi connectivity index (χ0) is 14.9. The molecule has 3 rings (SSSR count). The van der Waals surface area contributed by atoms with Crippen LogP contribution in [0.2, 0.25) is 0 Å². The average molecular weight is 289 g/mol. The fourth-order valence-electron chi connectivity index (χ4n) is 4.32. The minimum atomic E-state index is -0.654. The second-order valence-electron chi connectivity index (χ2n) is 7.36. The zero-order valence-electron chi connectivity index (χ0n) is 13.1. The monoisotopic (exact) mass is 289 g/mol. The summed E-state index contributed by atoms with van der Waals surface area (Å²) in [4.78, 5) is 14.8. The molecule has 0 unspecified atom stereocenters. The van der Waals surface area contributed by atoms with Crippen LogP contribution in [0.25, 0.3) is 0 Å². The number of hydrogen-bond acceptors (Lipinski definition) is 3. The molecular formula is C17H27N3O. The summed E-state index contributed by atoms with van der Waals surface area (Å²) in [7, 11) is 0. The van der Waals surface area contributed by atoms with Crippen molar-refractivity contribution < 1.29 is 4.79 Å². The number of hydrogen-bond donors (Lipinski definition) is 1. The van der Waals surface area contributed by atoms with Crippen molar-refractivity contribution in [2.24, 2.45) is 11.8 Å². The van der Waals surface area contributed by atoms with E-state index in [1.807, 2.05) is 6.92 Å². The Morgan fingerprint density at radius 3 is 2.67 bits per heavy atom. The summed E-state index contributed by atoms with van der Waals surface area (Å²) in [5.74, 6) is 1.19. The third-order valence-corrected chi connectivity index (χ3v) is 5.73. The van der Waals surface area contributed by atoms with Crippen LogP contribution in [-0.4, -0.2) is 35.5 Å². The van der Waals surface area contributed by atoms with Crippen molar-refractivity contribution in [3.63, 3.8) is 0 Å². The summed E-state index contributed by atoms with van der Waals surface area (Å²) in [6.45, 7) is 3.40. The normalized spacial score (nSPS) is 32.6. The Balaban J connectivity index is 1.57. The van der Waals surface area contributed by atoms with Crippen molar-refractivity contribution in [2.75, 3.05) is 13.1 Å². The molecule has 4 heteroatoms. The van der Waals surface area contributed by atoms with Gasteiger partial charge in [-0.1, -0.05) is 12.8 Å². The van der Waals surface area contributed by atoms with Gasteiger partial charge in [-0.3, -0.25) is 9.69 Å². The molecule has 4 nitrogen and oxygen atoms in total. The van der Waals surface area contributed by atoms with E-state index < -0.39 is 5.54 Å². The van der Waals surface area contributed by atoms with E-state index >= 15 is 0 Å². The molecule has 1 saturated heterocycles. The molecule has 21 heavy (non-hydrogen) atoms. The van der Waals surface area contributed by atoms with Crippen molar-refractivity contribution in [1.82, 2.24) is 10.2 Å². The van der Waals surface area contributed by atoms with Gasteiger partial charge in [0.15, 0.2) is 0 Å². The molecule has 0 aromatic carbocycles. The van der Waals surface area contributed by atoms with Crippen LogP contribution in [0.1, 0.15) is 58.3 Å². The van der Waals surface area contributed by atoms with Gasteiger partial charge in [0.1, 0.15) is 5.54 Å². The Kier molecular flexibility index (Phi) is 4.21. The van der Waals surface area contributed by atoms with Crippen LogP contribution >= 0.6 is 0 Å². The molecule has 1 N–H and O–H groups in total. The van der Waals surface area contributed by atoms with Crippen LogP contribution in [0.15, 0.2) is 0 Å². The fraction of sp³-hybridized carbons (Fsp3) is 0.882. The van der Waals surface area contributed by atoms with E-state index in [1.54, 1.807) is 0 Å². The van der Waals surface area contributed by atoms with Crippen molar-refractivity contribution in [3.8, 4) is 6.07 Å². The molecular weight excluding hydrogens is 262 g/mol. The van der Waals surface area contributed by atoms with Gasteiger partial charge in [-0.15, -0.1) is 0 Å². The summed E-state index contributed by atoms with van der Waals surface area (Å²) in [5.41, 5.74) is -0.654. The highest BCUT2D eigenvalue weighted by Gasteiger charge is 2.43. The molecule has 1 aliphatic heterocycles. The van der Waals surface area contributed by atoms with Gasteiger partial charge in [-0.2, -0.15) is 5.26 Å². The Morgan fingerprint density at radius 1 is 1.24 bits per heavy atom. The van der Waals surface area contributed by atoms with Gasteiger partial charge < -0.3 is 5.32 Å². The molecule has 3 fully saturated rings. The third-order valence-electron chi connectivity index (χ3n) is 5.73. The molecule has 0 bridgehead atoms. The van der Waals surface area contributed by atoms with Crippen molar-refractivity contribution in [2.45, 2.75) is 69.9 Å². The number of carbonyl (C=O) groups is 1. The van der Waals surface area contributed by atoms with Crippen LogP contribution in [0, 0.1) is 23.2 Å². The first kappa shape index (κ1) is 14.8.